The lowest BCUT2D eigenvalue weighted by Gasteiger charge is -2.20. The molecule has 0 aromatic heterocycles. The van der Waals surface area contributed by atoms with Crippen LogP contribution in [0.5, 0.6) is 0 Å². The largest absolute Gasteiger partial charge is 0.347 e. The molecule has 0 fully saturated rings. The molecule has 0 aliphatic rings. The Kier molecular flexibility index (Phi) is 6.26. The maximum atomic E-state index is 12.3. The van der Waals surface area contributed by atoms with Crippen molar-refractivity contribution in [2.75, 3.05) is 11.6 Å². The van der Waals surface area contributed by atoms with Crippen LogP contribution in [-0.4, -0.2) is 23.6 Å². The summed E-state index contributed by atoms with van der Waals surface area (Å²) in [7, 11) is 0. The Bertz CT molecular complexity index is 732. The van der Waals surface area contributed by atoms with Crippen molar-refractivity contribution < 1.29 is 9.59 Å². The molecule has 0 unspecified atom stereocenters. The quantitative estimate of drug-likeness (QED) is 0.838. The number of hydrogen-bond acceptors (Lipinski definition) is 3. The SMILES string of the molecule is CSCc1ccc(C(=O)Nc2ccc(C(=O)NC(C)(C)C)cc2)cc1. The summed E-state index contributed by atoms with van der Waals surface area (Å²) in [4.78, 5) is 24.4. The number of benzene rings is 2. The highest BCUT2D eigenvalue weighted by atomic mass is 32.2. The first-order valence-corrected chi connectivity index (χ1v) is 9.50. The molecule has 4 nitrogen and oxygen atoms in total. The van der Waals surface area contributed by atoms with Crippen LogP contribution in [0.3, 0.4) is 0 Å². The van der Waals surface area contributed by atoms with E-state index in [4.69, 9.17) is 0 Å². The van der Waals surface area contributed by atoms with Crippen LogP contribution in [-0.2, 0) is 5.75 Å². The molecule has 2 rings (SSSR count). The van der Waals surface area contributed by atoms with Crippen molar-refractivity contribution in [2.24, 2.45) is 0 Å². The summed E-state index contributed by atoms with van der Waals surface area (Å²) in [6, 6.07) is 14.5. The van der Waals surface area contributed by atoms with Gasteiger partial charge in [0.15, 0.2) is 0 Å². The summed E-state index contributed by atoms with van der Waals surface area (Å²) in [5.41, 5.74) is 2.74. The predicted molar refractivity (Wildman–Crippen MR) is 105 cm³/mol. The highest BCUT2D eigenvalue weighted by Crippen LogP contribution is 2.14. The summed E-state index contributed by atoms with van der Waals surface area (Å²) >= 11 is 1.75. The molecule has 0 bridgehead atoms. The minimum absolute atomic E-state index is 0.130. The Hall–Kier alpha value is -2.27. The third kappa shape index (κ3) is 5.94. The predicted octanol–water partition coefficient (Wildman–Crippen LogP) is 4.33. The maximum Gasteiger partial charge on any atom is 0.255 e. The number of thioether (sulfide) groups is 1. The van der Waals surface area contributed by atoms with Crippen LogP contribution < -0.4 is 10.6 Å². The average molecular weight is 356 g/mol. The van der Waals surface area contributed by atoms with Crippen molar-refractivity contribution in [2.45, 2.75) is 32.1 Å². The molecule has 0 aliphatic heterocycles. The van der Waals surface area contributed by atoms with E-state index in [1.807, 2.05) is 51.3 Å². The smallest absolute Gasteiger partial charge is 0.255 e. The second-order valence-electron chi connectivity index (χ2n) is 6.87. The average Bonchev–Trinajstić information content (AvgIpc) is 2.55. The zero-order chi connectivity index (χ0) is 18.4. The van der Waals surface area contributed by atoms with E-state index in [0.29, 0.717) is 16.8 Å². The third-order valence-electron chi connectivity index (χ3n) is 3.42. The fourth-order valence-corrected chi connectivity index (χ4v) is 2.77. The van der Waals surface area contributed by atoms with Crippen LogP contribution in [0.1, 0.15) is 47.1 Å². The number of carbonyl (C=O) groups is 2. The monoisotopic (exact) mass is 356 g/mol. The molecule has 2 aromatic carbocycles. The lowest BCUT2D eigenvalue weighted by atomic mass is 10.1. The first-order chi connectivity index (χ1) is 11.8. The van der Waals surface area contributed by atoms with E-state index >= 15 is 0 Å². The number of nitrogens with one attached hydrogen (secondary N) is 2. The second-order valence-corrected chi connectivity index (χ2v) is 7.73. The van der Waals surface area contributed by atoms with Gasteiger partial charge in [0.05, 0.1) is 0 Å². The zero-order valence-electron chi connectivity index (χ0n) is 15.1. The summed E-state index contributed by atoms with van der Waals surface area (Å²) in [6.45, 7) is 5.80. The number of amides is 2. The number of hydrogen-bond donors (Lipinski definition) is 2. The van der Waals surface area contributed by atoms with Gasteiger partial charge in [0.2, 0.25) is 0 Å². The van der Waals surface area contributed by atoms with Crippen molar-refractivity contribution in [3.8, 4) is 0 Å². The first-order valence-electron chi connectivity index (χ1n) is 8.10. The van der Waals surface area contributed by atoms with E-state index in [2.05, 4.69) is 10.6 Å². The van der Waals surface area contributed by atoms with Gasteiger partial charge >= 0.3 is 0 Å². The molecule has 25 heavy (non-hydrogen) atoms. The van der Waals surface area contributed by atoms with E-state index in [0.717, 1.165) is 5.75 Å². The number of anilines is 1. The molecule has 5 heteroatoms. The molecular weight excluding hydrogens is 332 g/mol. The highest BCUT2D eigenvalue weighted by molar-refractivity contribution is 7.97. The van der Waals surface area contributed by atoms with Gasteiger partial charge in [-0.25, -0.2) is 0 Å². The molecule has 2 aromatic rings. The van der Waals surface area contributed by atoms with E-state index in [1.54, 1.807) is 36.0 Å². The zero-order valence-corrected chi connectivity index (χ0v) is 15.9. The van der Waals surface area contributed by atoms with E-state index in [-0.39, 0.29) is 17.4 Å². The van der Waals surface area contributed by atoms with Gasteiger partial charge in [-0.05, 0) is 69.0 Å². The second kappa shape index (κ2) is 8.21. The maximum absolute atomic E-state index is 12.3. The normalized spacial score (nSPS) is 11.0. The Morgan fingerprint density at radius 1 is 0.880 bits per heavy atom. The first kappa shape index (κ1) is 19.1. The molecule has 0 aliphatic carbocycles. The van der Waals surface area contributed by atoms with E-state index in [9.17, 15) is 9.59 Å². The Morgan fingerprint density at radius 2 is 1.40 bits per heavy atom. The van der Waals surface area contributed by atoms with Crippen LogP contribution in [0.4, 0.5) is 5.69 Å². The van der Waals surface area contributed by atoms with Gasteiger partial charge in [0, 0.05) is 28.1 Å². The Labute approximate surface area is 153 Å². The molecule has 2 amide bonds. The van der Waals surface area contributed by atoms with Crippen LogP contribution in [0, 0.1) is 0 Å². The topological polar surface area (TPSA) is 58.2 Å². The van der Waals surface area contributed by atoms with Crippen molar-refractivity contribution in [3.05, 3.63) is 65.2 Å². The summed E-state index contributed by atoms with van der Waals surface area (Å²) in [5, 5.41) is 5.76. The molecule has 0 heterocycles. The van der Waals surface area contributed by atoms with Crippen molar-refractivity contribution in [1.29, 1.82) is 0 Å². The van der Waals surface area contributed by atoms with Crippen LogP contribution in [0.15, 0.2) is 48.5 Å². The van der Waals surface area contributed by atoms with Crippen molar-refractivity contribution in [1.82, 2.24) is 5.32 Å². The molecular formula is C20H24N2O2S. The van der Waals surface area contributed by atoms with Crippen molar-refractivity contribution in [3.63, 3.8) is 0 Å². The molecule has 0 spiro atoms. The van der Waals surface area contributed by atoms with Crippen LogP contribution in [0.25, 0.3) is 0 Å². The van der Waals surface area contributed by atoms with Gasteiger partial charge in [0.25, 0.3) is 11.8 Å². The molecule has 0 saturated carbocycles. The molecule has 132 valence electrons. The molecule has 2 N–H and O–H groups in total. The van der Waals surface area contributed by atoms with Gasteiger partial charge in [-0.1, -0.05) is 12.1 Å². The fourth-order valence-electron chi connectivity index (χ4n) is 2.24. The molecule has 0 saturated heterocycles. The Morgan fingerprint density at radius 3 is 1.92 bits per heavy atom. The third-order valence-corrected chi connectivity index (χ3v) is 4.04. The minimum atomic E-state index is -0.285. The molecule has 0 atom stereocenters. The van der Waals surface area contributed by atoms with Crippen molar-refractivity contribution >= 4 is 29.3 Å². The summed E-state index contributed by atoms with van der Waals surface area (Å²) < 4.78 is 0. The summed E-state index contributed by atoms with van der Waals surface area (Å²) in [5.74, 6) is 0.636. The fraction of sp³-hybridized carbons (Fsp3) is 0.300. The van der Waals surface area contributed by atoms with Gasteiger partial charge in [-0.3, -0.25) is 9.59 Å². The van der Waals surface area contributed by atoms with Gasteiger partial charge < -0.3 is 10.6 Å². The standard InChI is InChI=1S/C20H24N2O2S/c1-20(2,3)22-19(24)16-9-11-17(12-10-16)21-18(23)15-7-5-14(6-8-15)13-25-4/h5-12H,13H2,1-4H3,(H,21,23)(H,22,24). The highest BCUT2D eigenvalue weighted by Gasteiger charge is 2.15. The molecule has 0 radical (unpaired) electrons. The van der Waals surface area contributed by atoms with Gasteiger partial charge in [0.1, 0.15) is 0 Å². The van der Waals surface area contributed by atoms with E-state index in [1.165, 1.54) is 5.56 Å². The lowest BCUT2D eigenvalue weighted by molar-refractivity contribution is 0.0919. The Balaban J connectivity index is 2.00. The number of rotatable bonds is 5. The lowest BCUT2D eigenvalue weighted by Crippen LogP contribution is -2.40. The van der Waals surface area contributed by atoms with Gasteiger partial charge in [-0.2, -0.15) is 11.8 Å². The summed E-state index contributed by atoms with van der Waals surface area (Å²) in [6.07, 6.45) is 2.05. The van der Waals surface area contributed by atoms with Crippen LogP contribution in [0.2, 0.25) is 0 Å². The van der Waals surface area contributed by atoms with Gasteiger partial charge in [-0.15, -0.1) is 0 Å². The van der Waals surface area contributed by atoms with E-state index < -0.39 is 0 Å². The van der Waals surface area contributed by atoms with Crippen LogP contribution >= 0.6 is 11.8 Å². The number of carbonyl (C=O) groups excluding carboxylic acids is 2. The minimum Gasteiger partial charge on any atom is -0.347 e.